The Morgan fingerprint density at radius 1 is 1.07 bits per heavy atom. The SMILES string of the molecule is Cc1ncsc1-c1ccc(CNC(=O)[C@@H]2C[C@@H](O)CN2C(=O)C(NC(=O)CCCCCCCN2CCNCC2)C(C)(C)C)cc1.Cl. The van der Waals surface area contributed by atoms with Crippen molar-refractivity contribution in [3.05, 3.63) is 41.0 Å². The smallest absolute Gasteiger partial charge is 0.246 e. The number of benzene rings is 1. The quantitative estimate of drug-likeness (QED) is 0.224. The van der Waals surface area contributed by atoms with Gasteiger partial charge in [0.25, 0.3) is 0 Å². The van der Waals surface area contributed by atoms with Crippen LogP contribution < -0.4 is 16.0 Å². The van der Waals surface area contributed by atoms with Crippen LogP contribution >= 0.6 is 23.7 Å². The number of aromatic nitrogens is 1. The first-order chi connectivity index (χ1) is 21.5. The first-order valence-corrected chi connectivity index (χ1v) is 17.4. The second-order valence-corrected chi connectivity index (χ2v) is 14.4. The molecule has 3 atom stereocenters. The second kappa shape index (κ2) is 18.1. The number of aryl methyl sites for hydroxylation is 1. The van der Waals surface area contributed by atoms with Gasteiger partial charge in [0.15, 0.2) is 0 Å². The molecule has 3 amide bonds. The molecule has 2 aliphatic heterocycles. The van der Waals surface area contributed by atoms with E-state index in [9.17, 15) is 19.5 Å². The monoisotopic (exact) mass is 676 g/mol. The lowest BCUT2D eigenvalue weighted by molar-refractivity contribution is -0.144. The third-order valence-electron chi connectivity index (χ3n) is 8.80. The van der Waals surface area contributed by atoms with Crippen LogP contribution in [-0.2, 0) is 20.9 Å². The summed E-state index contributed by atoms with van der Waals surface area (Å²) >= 11 is 1.59. The van der Waals surface area contributed by atoms with Gasteiger partial charge in [0.05, 0.1) is 22.2 Å². The summed E-state index contributed by atoms with van der Waals surface area (Å²) in [7, 11) is 0. The molecule has 46 heavy (non-hydrogen) atoms. The lowest BCUT2D eigenvalue weighted by Gasteiger charge is -2.35. The Morgan fingerprint density at radius 2 is 1.74 bits per heavy atom. The van der Waals surface area contributed by atoms with Crippen molar-refractivity contribution in [1.82, 2.24) is 30.7 Å². The van der Waals surface area contributed by atoms with Crippen LogP contribution in [0.25, 0.3) is 10.4 Å². The molecule has 4 N–H and O–H groups in total. The van der Waals surface area contributed by atoms with E-state index in [1.165, 1.54) is 11.3 Å². The number of piperazine rings is 1. The summed E-state index contributed by atoms with van der Waals surface area (Å²) in [5.41, 5.74) is 4.27. The first kappa shape index (κ1) is 37.9. The summed E-state index contributed by atoms with van der Waals surface area (Å²) in [4.78, 5) is 49.5. The summed E-state index contributed by atoms with van der Waals surface area (Å²) in [6.07, 6.45) is 4.94. The van der Waals surface area contributed by atoms with Gasteiger partial charge in [0, 0.05) is 52.1 Å². The molecule has 0 bridgehead atoms. The van der Waals surface area contributed by atoms with Crippen LogP contribution in [-0.4, -0.2) is 95.1 Å². The molecule has 12 heteroatoms. The fraction of sp³-hybridized carbons (Fsp3) is 0.647. The molecule has 1 unspecified atom stereocenters. The minimum Gasteiger partial charge on any atom is -0.391 e. The number of rotatable bonds is 14. The number of nitrogens with zero attached hydrogens (tertiary/aromatic N) is 3. The van der Waals surface area contributed by atoms with Crippen molar-refractivity contribution in [3.63, 3.8) is 0 Å². The number of halogens is 1. The largest absolute Gasteiger partial charge is 0.391 e. The van der Waals surface area contributed by atoms with Crippen LogP contribution in [0.3, 0.4) is 0 Å². The first-order valence-electron chi connectivity index (χ1n) is 16.5. The second-order valence-electron chi connectivity index (χ2n) is 13.6. The van der Waals surface area contributed by atoms with Crippen LogP contribution in [0.1, 0.15) is 77.0 Å². The van der Waals surface area contributed by atoms with E-state index in [0.717, 1.165) is 80.1 Å². The molecule has 2 aliphatic rings. The highest BCUT2D eigenvalue weighted by Gasteiger charge is 2.44. The maximum absolute atomic E-state index is 13.8. The number of unbranched alkanes of at least 4 members (excludes halogenated alkanes) is 4. The minimum absolute atomic E-state index is 0. The molecular weight excluding hydrogens is 624 g/mol. The number of hydrogen-bond donors (Lipinski definition) is 4. The van der Waals surface area contributed by atoms with Crippen molar-refractivity contribution in [2.24, 2.45) is 5.41 Å². The van der Waals surface area contributed by atoms with Crippen molar-refractivity contribution in [1.29, 1.82) is 0 Å². The minimum atomic E-state index is -0.799. The van der Waals surface area contributed by atoms with E-state index in [-0.39, 0.29) is 43.1 Å². The number of likely N-dealkylation sites (tertiary alicyclic amines) is 1. The molecular formula is C34H53ClN6O4S. The highest BCUT2D eigenvalue weighted by atomic mass is 35.5. The average molecular weight is 677 g/mol. The van der Waals surface area contributed by atoms with Crippen molar-refractivity contribution < 1.29 is 19.5 Å². The van der Waals surface area contributed by atoms with Gasteiger partial charge in [-0.3, -0.25) is 14.4 Å². The Hall–Kier alpha value is -2.57. The number of carbonyl (C=O) groups excluding carboxylic acids is 3. The molecule has 3 heterocycles. The predicted molar refractivity (Wildman–Crippen MR) is 186 cm³/mol. The van der Waals surface area contributed by atoms with Crippen LogP contribution in [0.4, 0.5) is 0 Å². The van der Waals surface area contributed by atoms with Gasteiger partial charge in [-0.2, -0.15) is 0 Å². The van der Waals surface area contributed by atoms with Crippen LogP contribution in [0, 0.1) is 12.3 Å². The number of carbonyl (C=O) groups is 3. The average Bonchev–Trinajstić information content (AvgIpc) is 3.63. The van der Waals surface area contributed by atoms with E-state index in [0.29, 0.717) is 13.0 Å². The summed E-state index contributed by atoms with van der Waals surface area (Å²) in [6, 6.07) is 6.38. The zero-order chi connectivity index (χ0) is 32.4. The number of nitrogens with one attached hydrogen (secondary N) is 3. The summed E-state index contributed by atoms with van der Waals surface area (Å²) in [5, 5.41) is 19.8. The van der Waals surface area contributed by atoms with E-state index in [2.05, 4.69) is 25.8 Å². The van der Waals surface area contributed by atoms with E-state index >= 15 is 0 Å². The molecule has 0 saturated carbocycles. The molecule has 256 valence electrons. The Labute approximate surface area is 284 Å². The molecule has 2 saturated heterocycles. The van der Waals surface area contributed by atoms with Crippen molar-refractivity contribution in [2.45, 2.75) is 97.4 Å². The molecule has 1 aromatic carbocycles. The maximum atomic E-state index is 13.8. The third kappa shape index (κ3) is 11.0. The highest BCUT2D eigenvalue weighted by molar-refractivity contribution is 7.13. The Bertz CT molecular complexity index is 1260. The molecule has 10 nitrogen and oxygen atoms in total. The lowest BCUT2D eigenvalue weighted by Crippen LogP contribution is -2.57. The van der Waals surface area contributed by atoms with Gasteiger partial charge in [0.1, 0.15) is 12.1 Å². The van der Waals surface area contributed by atoms with Crippen molar-refractivity contribution in [2.75, 3.05) is 39.3 Å². The zero-order valence-corrected chi connectivity index (χ0v) is 29.5. The van der Waals surface area contributed by atoms with E-state index in [1.807, 2.05) is 57.5 Å². The number of amides is 3. The number of hydrogen-bond acceptors (Lipinski definition) is 8. The van der Waals surface area contributed by atoms with Gasteiger partial charge < -0.3 is 30.9 Å². The molecule has 0 spiro atoms. The predicted octanol–water partition coefficient (Wildman–Crippen LogP) is 3.90. The lowest BCUT2D eigenvalue weighted by atomic mass is 9.85. The fourth-order valence-corrected chi connectivity index (χ4v) is 6.91. The summed E-state index contributed by atoms with van der Waals surface area (Å²) in [5.74, 6) is -0.787. The maximum Gasteiger partial charge on any atom is 0.246 e. The molecule has 4 rings (SSSR count). The fourth-order valence-electron chi connectivity index (χ4n) is 6.10. The van der Waals surface area contributed by atoms with Crippen LogP contribution in [0.5, 0.6) is 0 Å². The molecule has 1 aromatic heterocycles. The molecule has 0 radical (unpaired) electrons. The number of aliphatic hydroxyl groups is 1. The summed E-state index contributed by atoms with van der Waals surface area (Å²) in [6.45, 7) is 13.6. The van der Waals surface area contributed by atoms with Gasteiger partial charge >= 0.3 is 0 Å². The zero-order valence-electron chi connectivity index (χ0n) is 27.8. The standard InChI is InChI=1S/C34H52N6O4S.ClH/c1-24-30(45-23-37-24)26-13-11-25(12-14-26)21-36-32(43)28-20-27(41)22-40(28)33(44)31(34(2,3)4)38-29(42)10-8-6-5-7-9-17-39-18-15-35-16-19-39;/h11-14,23,27-28,31,35,41H,5-10,15-22H2,1-4H3,(H,36,43)(H,38,42);1H/t27-,28+,31?;/m1./s1. The Balaban J connectivity index is 0.00000576. The van der Waals surface area contributed by atoms with Crippen LogP contribution in [0.15, 0.2) is 29.8 Å². The van der Waals surface area contributed by atoms with E-state index in [1.54, 1.807) is 11.3 Å². The molecule has 0 aliphatic carbocycles. The molecule has 2 aromatic rings. The number of aliphatic hydroxyl groups excluding tert-OH is 1. The van der Waals surface area contributed by atoms with Gasteiger partial charge in [-0.1, -0.05) is 64.3 Å². The van der Waals surface area contributed by atoms with Gasteiger partial charge in [-0.05, 0) is 42.9 Å². The topological polar surface area (TPSA) is 127 Å². The molecule has 2 fully saturated rings. The van der Waals surface area contributed by atoms with Crippen LogP contribution in [0.2, 0.25) is 0 Å². The van der Waals surface area contributed by atoms with Crippen molar-refractivity contribution >= 4 is 41.5 Å². The van der Waals surface area contributed by atoms with E-state index in [4.69, 9.17) is 0 Å². The summed E-state index contributed by atoms with van der Waals surface area (Å²) < 4.78 is 0. The number of thiazole rings is 1. The van der Waals surface area contributed by atoms with Gasteiger partial charge in [-0.25, -0.2) is 4.98 Å². The third-order valence-corrected chi connectivity index (χ3v) is 9.78. The Morgan fingerprint density at radius 3 is 2.39 bits per heavy atom. The van der Waals surface area contributed by atoms with Crippen molar-refractivity contribution in [3.8, 4) is 10.4 Å². The van der Waals surface area contributed by atoms with Gasteiger partial charge in [-0.15, -0.1) is 23.7 Å². The van der Waals surface area contributed by atoms with E-state index < -0.39 is 23.6 Å². The van der Waals surface area contributed by atoms with Gasteiger partial charge in [0.2, 0.25) is 17.7 Å². The highest BCUT2D eigenvalue weighted by Crippen LogP contribution is 2.28. The number of β-amino-alcohol motifs (C(OH)–C–C–N with tert-alkyl or cyclic N) is 1. The normalized spacial score (nSPS) is 19.4. The Kier molecular flexibility index (Phi) is 14.9.